The van der Waals surface area contributed by atoms with E-state index < -0.39 is 0 Å². The zero-order valence-corrected chi connectivity index (χ0v) is 7.25. The van der Waals surface area contributed by atoms with Crippen LogP contribution in [-0.2, 0) is 4.74 Å². The molecule has 3 nitrogen and oxygen atoms in total. The van der Waals surface area contributed by atoms with Crippen LogP contribution in [0.3, 0.4) is 0 Å². The summed E-state index contributed by atoms with van der Waals surface area (Å²) in [5.74, 6) is 0. The van der Waals surface area contributed by atoms with E-state index in [2.05, 4.69) is 4.90 Å². The van der Waals surface area contributed by atoms with Crippen LogP contribution in [0.5, 0.6) is 0 Å². The number of nitrogens with two attached hydrogens (primary N) is 1. The molecule has 0 bridgehead atoms. The van der Waals surface area contributed by atoms with Crippen molar-refractivity contribution >= 4 is 0 Å². The fourth-order valence-corrected chi connectivity index (χ4v) is 1.47. The van der Waals surface area contributed by atoms with Gasteiger partial charge in [0.25, 0.3) is 0 Å². The van der Waals surface area contributed by atoms with Crippen LogP contribution in [0.1, 0.15) is 12.8 Å². The van der Waals surface area contributed by atoms with Crippen LogP contribution in [0.4, 0.5) is 0 Å². The lowest BCUT2D eigenvalue weighted by molar-refractivity contribution is 0.0817. The third-order valence-corrected chi connectivity index (χ3v) is 2.33. The van der Waals surface area contributed by atoms with E-state index in [0.29, 0.717) is 6.04 Å². The minimum atomic E-state index is 0.659. The van der Waals surface area contributed by atoms with E-state index in [1.54, 1.807) is 7.11 Å². The lowest BCUT2D eigenvalue weighted by Crippen LogP contribution is -2.51. The van der Waals surface area contributed by atoms with Gasteiger partial charge in [-0.25, -0.2) is 0 Å². The summed E-state index contributed by atoms with van der Waals surface area (Å²) >= 11 is 0. The monoisotopic (exact) mass is 158 g/mol. The summed E-state index contributed by atoms with van der Waals surface area (Å²) in [6, 6.07) is 0.659. The van der Waals surface area contributed by atoms with Gasteiger partial charge in [0.05, 0.1) is 0 Å². The molecule has 1 fully saturated rings. The first-order chi connectivity index (χ1) is 5.38. The summed E-state index contributed by atoms with van der Waals surface area (Å²) < 4.78 is 4.97. The fourth-order valence-electron chi connectivity index (χ4n) is 1.47. The second-order valence-corrected chi connectivity index (χ2v) is 3.06. The van der Waals surface area contributed by atoms with Crippen LogP contribution >= 0.6 is 0 Å². The lowest BCUT2D eigenvalue weighted by Gasteiger charge is -2.40. The number of likely N-dealkylation sites (tertiary alicyclic amines) is 1. The number of nitrogens with zero attached hydrogens (tertiary/aromatic N) is 1. The summed E-state index contributed by atoms with van der Waals surface area (Å²) in [6.07, 6.45) is 2.41. The first kappa shape index (κ1) is 8.97. The molecular weight excluding hydrogens is 140 g/mol. The van der Waals surface area contributed by atoms with Crippen LogP contribution in [0.15, 0.2) is 0 Å². The summed E-state index contributed by atoms with van der Waals surface area (Å²) in [6.45, 7) is 4.06. The van der Waals surface area contributed by atoms with Crippen molar-refractivity contribution in [3.05, 3.63) is 0 Å². The van der Waals surface area contributed by atoms with Crippen molar-refractivity contribution in [2.45, 2.75) is 18.9 Å². The number of ether oxygens (including phenoxy) is 1. The van der Waals surface area contributed by atoms with E-state index >= 15 is 0 Å². The minimum absolute atomic E-state index is 0.659. The highest BCUT2D eigenvalue weighted by Crippen LogP contribution is 2.15. The number of rotatable bonds is 5. The first-order valence-corrected chi connectivity index (χ1v) is 4.31. The average Bonchev–Trinajstić information content (AvgIpc) is 1.97. The molecule has 1 heterocycles. The van der Waals surface area contributed by atoms with E-state index in [-0.39, 0.29) is 0 Å². The third-order valence-electron chi connectivity index (χ3n) is 2.33. The van der Waals surface area contributed by atoms with Crippen LogP contribution in [0.2, 0.25) is 0 Å². The van der Waals surface area contributed by atoms with Gasteiger partial charge in [-0.3, -0.25) is 4.90 Å². The maximum atomic E-state index is 5.56. The number of hydrogen-bond donors (Lipinski definition) is 1. The Hall–Kier alpha value is -0.120. The van der Waals surface area contributed by atoms with Gasteiger partial charge in [0, 0.05) is 39.4 Å². The number of hydrogen-bond acceptors (Lipinski definition) is 3. The highest BCUT2D eigenvalue weighted by molar-refractivity contribution is 4.82. The molecule has 1 saturated heterocycles. The van der Waals surface area contributed by atoms with Gasteiger partial charge in [0.15, 0.2) is 0 Å². The fraction of sp³-hybridized carbons (Fsp3) is 1.00. The van der Waals surface area contributed by atoms with E-state index in [1.165, 1.54) is 13.0 Å². The van der Waals surface area contributed by atoms with Crippen molar-refractivity contribution in [3.63, 3.8) is 0 Å². The van der Waals surface area contributed by atoms with E-state index in [4.69, 9.17) is 10.5 Å². The van der Waals surface area contributed by atoms with Crippen molar-refractivity contribution in [2.75, 3.05) is 33.4 Å². The van der Waals surface area contributed by atoms with Gasteiger partial charge in [-0.05, 0) is 12.8 Å². The summed E-state index contributed by atoms with van der Waals surface area (Å²) in [7, 11) is 1.75. The SMILES string of the molecule is COCCCN1CCC1CN. The molecule has 11 heavy (non-hydrogen) atoms. The molecule has 0 aliphatic carbocycles. The van der Waals surface area contributed by atoms with Gasteiger partial charge in [0.2, 0.25) is 0 Å². The molecule has 0 spiro atoms. The van der Waals surface area contributed by atoms with Gasteiger partial charge in [0.1, 0.15) is 0 Å². The Morgan fingerprint density at radius 1 is 1.64 bits per heavy atom. The van der Waals surface area contributed by atoms with Gasteiger partial charge >= 0.3 is 0 Å². The molecule has 0 aromatic rings. The molecule has 1 aliphatic heterocycles. The summed E-state index contributed by atoms with van der Waals surface area (Å²) in [5, 5.41) is 0. The van der Waals surface area contributed by atoms with Crippen LogP contribution in [0.25, 0.3) is 0 Å². The highest BCUT2D eigenvalue weighted by Gasteiger charge is 2.25. The zero-order chi connectivity index (χ0) is 8.10. The Kier molecular flexibility index (Phi) is 3.83. The third kappa shape index (κ3) is 2.43. The average molecular weight is 158 g/mol. The molecular formula is C8H18N2O. The van der Waals surface area contributed by atoms with Crippen molar-refractivity contribution in [3.8, 4) is 0 Å². The van der Waals surface area contributed by atoms with Crippen molar-refractivity contribution in [1.29, 1.82) is 0 Å². The molecule has 2 N–H and O–H groups in total. The largest absolute Gasteiger partial charge is 0.385 e. The molecule has 0 saturated carbocycles. The van der Waals surface area contributed by atoms with E-state index in [0.717, 1.165) is 26.1 Å². The van der Waals surface area contributed by atoms with Crippen LogP contribution in [0, 0.1) is 0 Å². The topological polar surface area (TPSA) is 38.5 Å². The van der Waals surface area contributed by atoms with E-state index in [9.17, 15) is 0 Å². The number of methoxy groups -OCH3 is 1. The predicted molar refractivity (Wildman–Crippen MR) is 45.5 cm³/mol. The molecule has 0 amide bonds. The summed E-state index contributed by atoms with van der Waals surface area (Å²) in [4.78, 5) is 2.43. The Morgan fingerprint density at radius 2 is 2.45 bits per heavy atom. The molecule has 1 aliphatic rings. The minimum Gasteiger partial charge on any atom is -0.385 e. The molecule has 1 rings (SSSR count). The van der Waals surface area contributed by atoms with Gasteiger partial charge in [-0.2, -0.15) is 0 Å². The standard InChI is InChI=1S/C8H18N2O/c1-11-6-2-4-10-5-3-8(10)7-9/h8H,2-7,9H2,1H3. The van der Waals surface area contributed by atoms with Crippen molar-refractivity contribution < 1.29 is 4.74 Å². The van der Waals surface area contributed by atoms with Gasteiger partial charge in [-0.15, -0.1) is 0 Å². The van der Waals surface area contributed by atoms with Gasteiger partial charge < -0.3 is 10.5 Å². The zero-order valence-electron chi connectivity index (χ0n) is 7.25. The molecule has 0 aromatic carbocycles. The molecule has 66 valence electrons. The molecule has 0 aromatic heterocycles. The van der Waals surface area contributed by atoms with Crippen molar-refractivity contribution in [2.24, 2.45) is 5.73 Å². The molecule has 0 radical (unpaired) electrons. The molecule has 1 atom stereocenters. The second kappa shape index (κ2) is 4.70. The van der Waals surface area contributed by atoms with Crippen LogP contribution < -0.4 is 5.73 Å². The normalized spacial score (nSPS) is 25.1. The predicted octanol–water partition coefficient (Wildman–Crippen LogP) is 0.0559. The maximum absolute atomic E-state index is 5.56. The Morgan fingerprint density at radius 3 is 2.91 bits per heavy atom. The van der Waals surface area contributed by atoms with Crippen molar-refractivity contribution in [1.82, 2.24) is 4.90 Å². The quantitative estimate of drug-likeness (QED) is 0.575. The Bertz CT molecular complexity index is 106. The lowest BCUT2D eigenvalue weighted by atomic mass is 10.0. The molecule has 1 unspecified atom stereocenters. The van der Waals surface area contributed by atoms with Crippen LogP contribution in [-0.4, -0.2) is 44.3 Å². The van der Waals surface area contributed by atoms with E-state index in [1.807, 2.05) is 0 Å². The second-order valence-electron chi connectivity index (χ2n) is 3.06. The first-order valence-electron chi connectivity index (χ1n) is 4.31. The Balaban J connectivity index is 1.98. The maximum Gasteiger partial charge on any atom is 0.0474 e. The Labute approximate surface area is 68.5 Å². The highest BCUT2D eigenvalue weighted by atomic mass is 16.5. The smallest absolute Gasteiger partial charge is 0.0474 e. The van der Waals surface area contributed by atoms with Gasteiger partial charge in [-0.1, -0.05) is 0 Å². The molecule has 3 heteroatoms. The summed E-state index contributed by atoms with van der Waals surface area (Å²) in [5.41, 5.74) is 5.56.